The summed E-state index contributed by atoms with van der Waals surface area (Å²) in [6.45, 7) is 2.15. The highest BCUT2D eigenvalue weighted by Gasteiger charge is 2.40. The lowest BCUT2D eigenvalue weighted by Crippen LogP contribution is -2.40. The van der Waals surface area contributed by atoms with Gasteiger partial charge in [-0.3, -0.25) is 5.01 Å². The lowest BCUT2D eigenvalue weighted by atomic mass is 9.96. The highest BCUT2D eigenvalue weighted by molar-refractivity contribution is 9.10. The predicted molar refractivity (Wildman–Crippen MR) is 106 cm³/mol. The van der Waals surface area contributed by atoms with Crippen LogP contribution in [0.5, 0.6) is 5.75 Å². The minimum absolute atomic E-state index is 0.103. The third kappa shape index (κ3) is 3.16. The number of benzene rings is 2. The minimum Gasteiger partial charge on any atom is -0.467 e. The second kappa shape index (κ2) is 6.82. The first-order valence-electron chi connectivity index (χ1n) is 8.34. The molecule has 0 aromatic heterocycles. The fourth-order valence-electron chi connectivity index (χ4n) is 3.44. The Kier molecular flexibility index (Phi) is 4.69. The molecule has 2 aromatic rings. The minimum atomic E-state index is -0.103. The molecular weight excluding hydrogens is 423 g/mol. The maximum absolute atomic E-state index is 6.40. The molecule has 0 fully saturated rings. The Labute approximate surface area is 165 Å². The molecule has 2 heterocycles. The Hall–Kier alpha value is -1.23. The number of nitrogens with zero attached hydrogens (tertiary/aromatic N) is 2. The van der Waals surface area contributed by atoms with Crippen LogP contribution >= 0.6 is 39.1 Å². The maximum atomic E-state index is 6.40. The summed E-state index contributed by atoms with van der Waals surface area (Å²) in [5.74, 6) is 0.748. The van der Waals surface area contributed by atoms with Crippen molar-refractivity contribution in [2.24, 2.45) is 5.10 Å². The van der Waals surface area contributed by atoms with Crippen LogP contribution in [0.1, 0.15) is 43.4 Å². The molecule has 0 spiro atoms. The van der Waals surface area contributed by atoms with Gasteiger partial charge in [0.05, 0.1) is 16.8 Å². The Morgan fingerprint density at radius 3 is 2.72 bits per heavy atom. The molecule has 0 unspecified atom stereocenters. The zero-order valence-electron chi connectivity index (χ0n) is 13.7. The quantitative estimate of drug-likeness (QED) is 0.550. The standard InChI is InChI=1S/C19H17BrCl2N2O/c1-2-3-18-24-17(14-8-13(21)9-15(22)19(14)25-18)10-16(23-24)11-4-6-12(20)7-5-11/h4-9,17-18H,2-3,10H2,1H3/t17-,18-/m0/s1. The van der Waals surface area contributed by atoms with Crippen LogP contribution in [0.4, 0.5) is 0 Å². The molecule has 0 radical (unpaired) electrons. The van der Waals surface area contributed by atoms with E-state index in [-0.39, 0.29) is 12.3 Å². The third-order valence-corrected chi connectivity index (χ3v) is 5.63. The first-order valence-corrected chi connectivity index (χ1v) is 9.89. The second-order valence-electron chi connectivity index (χ2n) is 6.32. The van der Waals surface area contributed by atoms with Gasteiger partial charge >= 0.3 is 0 Å². The number of fused-ring (bicyclic) bond motifs is 3. The molecule has 2 atom stereocenters. The van der Waals surface area contributed by atoms with E-state index in [4.69, 9.17) is 33.0 Å². The fourth-order valence-corrected chi connectivity index (χ4v) is 4.26. The van der Waals surface area contributed by atoms with E-state index in [1.54, 1.807) is 6.07 Å². The molecule has 130 valence electrons. The molecule has 3 nitrogen and oxygen atoms in total. The lowest BCUT2D eigenvalue weighted by molar-refractivity contribution is -0.0222. The van der Waals surface area contributed by atoms with Crippen molar-refractivity contribution in [2.75, 3.05) is 0 Å². The van der Waals surface area contributed by atoms with Crippen LogP contribution in [0.15, 0.2) is 46.0 Å². The number of ether oxygens (including phenoxy) is 1. The van der Waals surface area contributed by atoms with Gasteiger partial charge in [-0.15, -0.1) is 0 Å². The molecule has 0 N–H and O–H groups in total. The first kappa shape index (κ1) is 17.2. The number of hydrazone groups is 1. The van der Waals surface area contributed by atoms with E-state index in [1.165, 1.54) is 0 Å². The van der Waals surface area contributed by atoms with Gasteiger partial charge in [0.25, 0.3) is 0 Å². The van der Waals surface area contributed by atoms with Gasteiger partial charge < -0.3 is 4.74 Å². The van der Waals surface area contributed by atoms with Gasteiger partial charge in [0, 0.05) is 27.9 Å². The van der Waals surface area contributed by atoms with Gasteiger partial charge in [-0.2, -0.15) is 5.10 Å². The van der Waals surface area contributed by atoms with Crippen molar-refractivity contribution in [3.8, 4) is 5.75 Å². The average molecular weight is 440 g/mol. The average Bonchev–Trinajstić information content (AvgIpc) is 3.02. The highest BCUT2D eigenvalue weighted by atomic mass is 79.9. The Bertz CT molecular complexity index is 838. The summed E-state index contributed by atoms with van der Waals surface area (Å²) in [4.78, 5) is 0. The van der Waals surface area contributed by atoms with Crippen molar-refractivity contribution in [2.45, 2.75) is 38.5 Å². The van der Waals surface area contributed by atoms with Crippen molar-refractivity contribution >= 4 is 44.8 Å². The molecule has 4 rings (SSSR count). The van der Waals surface area contributed by atoms with Gasteiger partial charge in [0.2, 0.25) is 0 Å². The smallest absolute Gasteiger partial charge is 0.187 e. The summed E-state index contributed by atoms with van der Waals surface area (Å²) in [7, 11) is 0. The van der Waals surface area contributed by atoms with Crippen LogP contribution in [-0.4, -0.2) is 16.9 Å². The van der Waals surface area contributed by atoms with Crippen LogP contribution < -0.4 is 4.74 Å². The molecule has 2 aliphatic rings. The molecular formula is C19H17BrCl2N2O. The van der Waals surface area contributed by atoms with Crippen molar-refractivity contribution < 1.29 is 4.74 Å². The third-order valence-electron chi connectivity index (χ3n) is 4.60. The van der Waals surface area contributed by atoms with Gasteiger partial charge in [0.15, 0.2) is 6.23 Å². The highest BCUT2D eigenvalue weighted by Crippen LogP contribution is 2.47. The van der Waals surface area contributed by atoms with Crippen molar-refractivity contribution in [1.29, 1.82) is 0 Å². The fraction of sp³-hybridized carbons (Fsp3) is 0.316. The van der Waals surface area contributed by atoms with Crippen molar-refractivity contribution in [3.05, 3.63) is 62.0 Å². The molecule has 0 saturated heterocycles. The Morgan fingerprint density at radius 1 is 1.24 bits per heavy atom. The van der Waals surface area contributed by atoms with E-state index in [2.05, 4.69) is 40.0 Å². The Balaban J connectivity index is 1.75. The van der Waals surface area contributed by atoms with Gasteiger partial charge in [-0.25, -0.2) is 0 Å². The van der Waals surface area contributed by atoms with Crippen LogP contribution in [-0.2, 0) is 0 Å². The molecule has 2 aromatic carbocycles. The Morgan fingerprint density at radius 2 is 2.00 bits per heavy atom. The molecule has 2 aliphatic heterocycles. The summed E-state index contributed by atoms with van der Waals surface area (Å²) >= 11 is 16.1. The number of hydrogen-bond acceptors (Lipinski definition) is 3. The topological polar surface area (TPSA) is 24.8 Å². The normalized spacial score (nSPS) is 21.4. The number of rotatable bonds is 3. The molecule has 0 amide bonds. The van der Waals surface area contributed by atoms with Crippen LogP contribution in [0.2, 0.25) is 10.0 Å². The summed E-state index contributed by atoms with van der Waals surface area (Å²) in [5, 5.41) is 8.16. The monoisotopic (exact) mass is 438 g/mol. The van der Waals surface area contributed by atoms with E-state index < -0.39 is 0 Å². The van der Waals surface area contributed by atoms with Gasteiger partial charge in [-0.05, 0) is 29.8 Å². The van der Waals surface area contributed by atoms with E-state index >= 15 is 0 Å². The first-order chi connectivity index (χ1) is 12.1. The van der Waals surface area contributed by atoms with Crippen molar-refractivity contribution in [1.82, 2.24) is 5.01 Å². The van der Waals surface area contributed by atoms with E-state index in [9.17, 15) is 0 Å². The van der Waals surface area contributed by atoms with E-state index in [0.29, 0.717) is 10.0 Å². The van der Waals surface area contributed by atoms with Crippen LogP contribution in [0.25, 0.3) is 0 Å². The van der Waals surface area contributed by atoms with E-state index in [1.807, 2.05) is 18.2 Å². The summed E-state index contributed by atoms with van der Waals surface area (Å²) in [6, 6.07) is 12.0. The molecule has 6 heteroatoms. The summed E-state index contributed by atoms with van der Waals surface area (Å²) < 4.78 is 7.26. The van der Waals surface area contributed by atoms with Crippen LogP contribution in [0, 0.1) is 0 Å². The summed E-state index contributed by atoms with van der Waals surface area (Å²) in [5.41, 5.74) is 3.20. The van der Waals surface area contributed by atoms with Crippen molar-refractivity contribution in [3.63, 3.8) is 0 Å². The summed E-state index contributed by atoms with van der Waals surface area (Å²) in [6.07, 6.45) is 2.62. The second-order valence-corrected chi connectivity index (χ2v) is 8.08. The molecule has 0 bridgehead atoms. The molecule has 25 heavy (non-hydrogen) atoms. The number of halogens is 3. The van der Waals surface area contributed by atoms with Gasteiger partial charge in [0.1, 0.15) is 5.75 Å². The maximum Gasteiger partial charge on any atom is 0.187 e. The largest absolute Gasteiger partial charge is 0.467 e. The number of hydrogen-bond donors (Lipinski definition) is 0. The van der Waals surface area contributed by atoms with E-state index in [0.717, 1.165) is 46.3 Å². The predicted octanol–water partition coefficient (Wildman–Crippen LogP) is 6.43. The zero-order valence-corrected chi connectivity index (χ0v) is 16.8. The van der Waals surface area contributed by atoms with Gasteiger partial charge in [-0.1, -0.05) is 64.6 Å². The SMILES string of the molecule is CCC[C@@H]1Oc2c(Cl)cc(Cl)cc2[C@@H]2CC(c3ccc(Br)cc3)=NN12. The molecule has 0 saturated carbocycles. The lowest BCUT2D eigenvalue weighted by Gasteiger charge is -2.38. The zero-order chi connectivity index (χ0) is 17.6. The molecule has 0 aliphatic carbocycles. The van der Waals surface area contributed by atoms with Crippen LogP contribution in [0.3, 0.4) is 0 Å².